The quantitative estimate of drug-likeness (QED) is 0.146. The fourth-order valence-corrected chi connectivity index (χ4v) is 7.81. The van der Waals surface area contributed by atoms with Gasteiger partial charge in [0.15, 0.2) is 0 Å². The molecule has 5 aromatic carbocycles. The Kier molecular flexibility index (Phi) is 9.63. The molecular formula is C41H38N4O6S. The van der Waals surface area contributed by atoms with Crippen LogP contribution in [0.1, 0.15) is 63.0 Å². The van der Waals surface area contributed by atoms with Crippen LogP contribution in [0.5, 0.6) is 5.75 Å². The molecule has 0 fully saturated rings. The van der Waals surface area contributed by atoms with Crippen molar-refractivity contribution in [3.05, 3.63) is 143 Å². The summed E-state index contributed by atoms with van der Waals surface area (Å²) in [4.78, 5) is 30.0. The van der Waals surface area contributed by atoms with Gasteiger partial charge in [-0.15, -0.1) is 0 Å². The van der Waals surface area contributed by atoms with E-state index < -0.39 is 22.5 Å². The Morgan fingerprint density at radius 3 is 2.35 bits per heavy atom. The van der Waals surface area contributed by atoms with Crippen molar-refractivity contribution in [2.75, 3.05) is 6.54 Å². The van der Waals surface area contributed by atoms with Crippen molar-refractivity contribution < 1.29 is 28.2 Å². The van der Waals surface area contributed by atoms with Gasteiger partial charge in [0.05, 0.1) is 28.6 Å². The predicted octanol–water partition coefficient (Wildman–Crippen LogP) is 6.55. The van der Waals surface area contributed by atoms with Crippen molar-refractivity contribution in [3.63, 3.8) is 0 Å². The Labute approximate surface area is 302 Å². The number of aliphatic hydroxyl groups is 1. The maximum atomic E-state index is 14.6. The number of aromatic nitrogens is 2. The fourth-order valence-electron chi connectivity index (χ4n) is 6.80. The van der Waals surface area contributed by atoms with E-state index in [1.807, 2.05) is 36.4 Å². The Morgan fingerprint density at radius 1 is 0.865 bits per heavy atom. The molecule has 1 aliphatic heterocycles. The normalized spacial score (nSPS) is 12.8. The highest BCUT2D eigenvalue weighted by Crippen LogP contribution is 2.36. The topological polar surface area (TPSA) is 142 Å². The number of amides is 2. The molecule has 11 heteroatoms. The molecule has 0 atom stereocenters. The zero-order valence-corrected chi connectivity index (χ0v) is 29.4. The van der Waals surface area contributed by atoms with Gasteiger partial charge in [-0.25, -0.2) is 17.8 Å². The van der Waals surface area contributed by atoms with Crippen LogP contribution in [0.3, 0.4) is 0 Å². The van der Waals surface area contributed by atoms with Crippen molar-refractivity contribution in [2.45, 2.75) is 50.7 Å². The maximum Gasteiger partial charge on any atom is 0.265 e. The second-order valence-corrected chi connectivity index (χ2v) is 14.6. The summed E-state index contributed by atoms with van der Waals surface area (Å²) in [5.74, 6) is -1.12. The van der Waals surface area contributed by atoms with Crippen LogP contribution < -0.4 is 4.72 Å². The number of hydrogen-bond acceptors (Lipinski definition) is 7. The molecule has 6 aromatic rings. The predicted molar refractivity (Wildman–Crippen MR) is 199 cm³/mol. The van der Waals surface area contributed by atoms with E-state index >= 15 is 0 Å². The summed E-state index contributed by atoms with van der Waals surface area (Å²) in [5.41, 5.74) is 5.17. The number of phenols is 1. The van der Waals surface area contributed by atoms with Crippen LogP contribution in [-0.2, 0) is 36.0 Å². The van der Waals surface area contributed by atoms with E-state index in [0.29, 0.717) is 53.8 Å². The van der Waals surface area contributed by atoms with Gasteiger partial charge in [-0.3, -0.25) is 9.59 Å². The minimum absolute atomic E-state index is 0.0135. The van der Waals surface area contributed by atoms with Crippen LogP contribution in [-0.4, -0.2) is 51.7 Å². The highest BCUT2D eigenvalue weighted by molar-refractivity contribution is 7.90. The van der Waals surface area contributed by atoms with Crippen LogP contribution in [0.4, 0.5) is 0 Å². The minimum atomic E-state index is -4.27. The average Bonchev–Trinajstić information content (AvgIpc) is 3.54. The number of rotatable bonds is 10. The van der Waals surface area contributed by atoms with Crippen LogP contribution >= 0.6 is 0 Å². The molecule has 0 unspecified atom stereocenters. The number of unbranched alkanes of at least 4 members (excludes halogenated alkanes) is 1. The lowest BCUT2D eigenvalue weighted by Crippen LogP contribution is -2.36. The van der Waals surface area contributed by atoms with Gasteiger partial charge in [-0.2, -0.15) is 5.10 Å². The lowest BCUT2D eigenvalue weighted by atomic mass is 9.92. The molecule has 2 heterocycles. The fraction of sp³-hybridized carbons (Fsp3) is 0.195. The largest absolute Gasteiger partial charge is 0.508 e. The molecule has 7 rings (SSSR count). The summed E-state index contributed by atoms with van der Waals surface area (Å²) in [6, 6.07) is 31.1. The third kappa shape index (κ3) is 6.80. The van der Waals surface area contributed by atoms with Crippen molar-refractivity contribution >= 4 is 32.6 Å². The number of aliphatic hydroxyl groups excluding tert-OH is 1. The summed E-state index contributed by atoms with van der Waals surface area (Å²) < 4.78 is 30.8. The Balaban J connectivity index is 1.33. The third-order valence-corrected chi connectivity index (χ3v) is 10.9. The second-order valence-electron chi connectivity index (χ2n) is 12.9. The molecule has 0 bridgehead atoms. The number of fused-ring (bicyclic) bond motifs is 2. The smallest absolute Gasteiger partial charge is 0.265 e. The number of carbonyl (C=O) groups excluding carboxylic acids is 2. The van der Waals surface area contributed by atoms with Gasteiger partial charge in [-0.1, -0.05) is 74.0 Å². The summed E-state index contributed by atoms with van der Waals surface area (Å²) in [6.07, 6.45) is 2.89. The number of carbonyl (C=O) groups is 2. The van der Waals surface area contributed by atoms with Crippen LogP contribution in [0.25, 0.3) is 27.6 Å². The van der Waals surface area contributed by atoms with Gasteiger partial charge in [0, 0.05) is 29.8 Å². The van der Waals surface area contributed by atoms with E-state index in [-0.39, 0.29) is 27.7 Å². The molecule has 2 amide bonds. The first-order valence-electron chi connectivity index (χ1n) is 17.2. The number of sulfonamides is 1. The number of nitrogens with zero attached hydrogens (tertiary/aromatic N) is 3. The first-order chi connectivity index (χ1) is 25.2. The standard InChI is InChI=1S/C41H38N4O6S/c1-2-3-12-38-39(37(26-46)42-45(38)32-15-17-33(47)18-16-32)35-20-14-30(24-36(35)41(49)44-22-21-28-9-5-7-11-31(28)25-44)40(48)43-52(50,51)34-19-13-27-8-4-6-10-29(27)23-34/h4-11,13-20,23-24,46-47H,2-3,12,21-22,25-26H2,1H3,(H,43,48). The highest BCUT2D eigenvalue weighted by Gasteiger charge is 2.29. The van der Waals surface area contributed by atoms with E-state index in [1.165, 1.54) is 29.8 Å². The molecule has 52 heavy (non-hydrogen) atoms. The van der Waals surface area contributed by atoms with Crippen molar-refractivity contribution in [1.82, 2.24) is 19.4 Å². The van der Waals surface area contributed by atoms with E-state index in [9.17, 15) is 28.2 Å². The van der Waals surface area contributed by atoms with Crippen LogP contribution in [0.2, 0.25) is 0 Å². The number of aromatic hydroxyl groups is 1. The SMILES string of the molecule is CCCCc1c(-c2ccc(C(=O)NS(=O)(=O)c3ccc4ccccc4c3)cc2C(=O)N2CCc3ccccc3C2)c(CO)nn1-c1ccc(O)cc1. The molecule has 1 aromatic heterocycles. The molecule has 1 aliphatic rings. The monoisotopic (exact) mass is 714 g/mol. The Bertz CT molecular complexity index is 2420. The van der Waals surface area contributed by atoms with Crippen molar-refractivity contribution in [3.8, 4) is 22.6 Å². The van der Waals surface area contributed by atoms with E-state index in [0.717, 1.165) is 29.5 Å². The van der Waals surface area contributed by atoms with Gasteiger partial charge >= 0.3 is 0 Å². The summed E-state index contributed by atoms with van der Waals surface area (Å²) in [6.45, 7) is 2.46. The van der Waals surface area contributed by atoms with Gasteiger partial charge in [0.2, 0.25) is 0 Å². The second kappa shape index (κ2) is 14.5. The number of hydrogen-bond donors (Lipinski definition) is 3. The summed E-state index contributed by atoms with van der Waals surface area (Å²) in [5, 5.41) is 26.9. The summed E-state index contributed by atoms with van der Waals surface area (Å²) in [7, 11) is -4.27. The average molecular weight is 715 g/mol. The molecule has 0 spiro atoms. The summed E-state index contributed by atoms with van der Waals surface area (Å²) >= 11 is 0. The van der Waals surface area contributed by atoms with E-state index in [2.05, 4.69) is 17.7 Å². The first kappa shape index (κ1) is 34.7. The zero-order valence-electron chi connectivity index (χ0n) is 28.6. The molecule has 0 aliphatic carbocycles. The number of benzene rings is 5. The Morgan fingerprint density at radius 2 is 1.60 bits per heavy atom. The van der Waals surface area contributed by atoms with Crippen LogP contribution in [0, 0.1) is 0 Å². The number of nitrogens with one attached hydrogen (secondary N) is 1. The third-order valence-electron chi connectivity index (χ3n) is 9.52. The van der Waals surface area contributed by atoms with Gasteiger partial charge in [-0.05, 0) is 95.3 Å². The van der Waals surface area contributed by atoms with Crippen LogP contribution in [0.15, 0.2) is 114 Å². The maximum absolute atomic E-state index is 14.6. The molecule has 10 nitrogen and oxygen atoms in total. The zero-order chi connectivity index (χ0) is 36.4. The first-order valence-corrected chi connectivity index (χ1v) is 18.7. The molecule has 3 N–H and O–H groups in total. The van der Waals surface area contributed by atoms with E-state index in [1.54, 1.807) is 52.0 Å². The molecular weight excluding hydrogens is 677 g/mol. The molecule has 0 saturated heterocycles. The lowest BCUT2D eigenvalue weighted by molar-refractivity contribution is 0.0735. The van der Waals surface area contributed by atoms with Gasteiger partial charge in [0.25, 0.3) is 21.8 Å². The molecule has 0 saturated carbocycles. The lowest BCUT2D eigenvalue weighted by Gasteiger charge is -2.29. The minimum Gasteiger partial charge on any atom is -0.508 e. The molecule has 264 valence electrons. The number of phenolic OH excluding ortho intramolecular Hbond substituents is 1. The Hall–Kier alpha value is -5.78. The van der Waals surface area contributed by atoms with Gasteiger partial charge in [0.1, 0.15) is 5.75 Å². The molecule has 0 radical (unpaired) electrons. The van der Waals surface area contributed by atoms with Crippen molar-refractivity contribution in [2.24, 2.45) is 0 Å². The van der Waals surface area contributed by atoms with Gasteiger partial charge < -0.3 is 15.1 Å². The van der Waals surface area contributed by atoms with E-state index in [4.69, 9.17) is 5.10 Å². The van der Waals surface area contributed by atoms with Crippen molar-refractivity contribution in [1.29, 1.82) is 0 Å². The highest BCUT2D eigenvalue weighted by atomic mass is 32.2.